The maximum Gasteiger partial charge on any atom is 0.303 e. The quantitative estimate of drug-likeness (QED) is 0.390. The number of anilines is 1. The zero-order valence-electron chi connectivity index (χ0n) is 19.4. The number of amides is 1. The van der Waals surface area contributed by atoms with Gasteiger partial charge in [0.2, 0.25) is 5.75 Å². The summed E-state index contributed by atoms with van der Waals surface area (Å²) in [5.41, 5.74) is 3.05. The van der Waals surface area contributed by atoms with Crippen LogP contribution in [0.4, 0.5) is 5.69 Å². The van der Waals surface area contributed by atoms with Crippen LogP contribution in [0.5, 0.6) is 17.2 Å². The van der Waals surface area contributed by atoms with E-state index >= 15 is 0 Å². The topological polar surface area (TPSA) is 107 Å². The van der Waals surface area contributed by atoms with E-state index in [4.69, 9.17) is 24.2 Å². The number of aliphatic carboxylic acids is 1. The van der Waals surface area contributed by atoms with Crippen LogP contribution in [0.2, 0.25) is 0 Å². The van der Waals surface area contributed by atoms with Gasteiger partial charge in [0.25, 0.3) is 5.91 Å². The number of carboxylic acids is 1. The normalized spacial score (nSPS) is 10.6. The molecule has 1 N–H and O–H groups in total. The first-order valence-corrected chi connectivity index (χ1v) is 11.1. The van der Waals surface area contributed by atoms with Crippen molar-refractivity contribution in [3.63, 3.8) is 0 Å². The summed E-state index contributed by atoms with van der Waals surface area (Å²) < 4.78 is 20.8. The van der Waals surface area contributed by atoms with Crippen LogP contribution in [-0.4, -0.2) is 49.8 Å². The van der Waals surface area contributed by atoms with E-state index in [0.717, 1.165) is 21.6 Å². The molecule has 0 radical (unpaired) electrons. The highest BCUT2D eigenvalue weighted by Crippen LogP contribution is 2.44. The van der Waals surface area contributed by atoms with Crippen molar-refractivity contribution in [3.8, 4) is 38.8 Å². The summed E-state index contributed by atoms with van der Waals surface area (Å²) in [6.45, 7) is 0. The van der Waals surface area contributed by atoms with E-state index in [1.807, 2.05) is 30.3 Å². The number of aromatic nitrogens is 1. The molecule has 0 unspecified atom stereocenters. The van der Waals surface area contributed by atoms with Crippen molar-refractivity contribution in [2.75, 3.05) is 33.5 Å². The minimum atomic E-state index is -0.942. The zero-order valence-corrected chi connectivity index (χ0v) is 20.2. The largest absolute Gasteiger partial charge is 0.493 e. The molecule has 0 saturated heterocycles. The lowest BCUT2D eigenvalue weighted by molar-refractivity contribution is -0.137. The van der Waals surface area contributed by atoms with Gasteiger partial charge in [-0.3, -0.25) is 14.4 Å². The van der Waals surface area contributed by atoms with Crippen LogP contribution in [0.1, 0.15) is 19.3 Å². The van der Waals surface area contributed by atoms with Crippen LogP contribution in [0.25, 0.3) is 21.6 Å². The Hall–Kier alpha value is -3.63. The van der Waals surface area contributed by atoms with Gasteiger partial charge >= 0.3 is 5.97 Å². The predicted molar refractivity (Wildman–Crippen MR) is 129 cm³/mol. The first kappa shape index (κ1) is 25.0. The molecular weight excluding hydrogens is 460 g/mol. The van der Waals surface area contributed by atoms with Gasteiger partial charge in [0.15, 0.2) is 11.5 Å². The molecule has 3 aromatic rings. The minimum Gasteiger partial charge on any atom is -0.493 e. The van der Waals surface area contributed by atoms with E-state index in [1.165, 1.54) is 23.7 Å². The fraction of sp³-hybridized carbons (Fsp3) is 0.292. The van der Waals surface area contributed by atoms with Gasteiger partial charge in [-0.1, -0.05) is 12.1 Å². The Morgan fingerprint density at radius 2 is 1.68 bits per heavy atom. The smallest absolute Gasteiger partial charge is 0.303 e. The highest BCUT2D eigenvalue weighted by molar-refractivity contribution is 7.10. The Bertz CT molecular complexity index is 1140. The van der Waals surface area contributed by atoms with E-state index < -0.39 is 5.97 Å². The number of benzene rings is 2. The van der Waals surface area contributed by atoms with Crippen LogP contribution in [-0.2, 0) is 14.4 Å². The molecule has 1 aromatic heterocycles. The highest BCUT2D eigenvalue weighted by Gasteiger charge is 2.20. The molecule has 3 rings (SSSR count). The number of rotatable bonds is 11. The molecule has 0 aliphatic carbocycles. The molecule has 0 atom stereocenters. The summed E-state index contributed by atoms with van der Waals surface area (Å²) >= 11 is 1.32. The molecule has 0 fully saturated rings. The molecule has 0 aliphatic rings. The molecule has 34 heavy (non-hydrogen) atoms. The van der Waals surface area contributed by atoms with Crippen molar-refractivity contribution in [3.05, 3.63) is 42.6 Å². The van der Waals surface area contributed by atoms with Crippen molar-refractivity contribution in [1.29, 1.82) is 0 Å². The van der Waals surface area contributed by atoms with Gasteiger partial charge < -0.3 is 19.3 Å². The Labute approximate surface area is 201 Å². The maximum atomic E-state index is 12.6. The number of carbonyl (C=O) groups is 2. The number of methoxy groups -OCH3 is 3. The third-order valence-corrected chi connectivity index (χ3v) is 5.93. The van der Waals surface area contributed by atoms with Crippen LogP contribution in [0.15, 0.2) is 42.6 Å². The van der Waals surface area contributed by atoms with Gasteiger partial charge in [-0.2, -0.15) is 9.44 Å². The summed E-state index contributed by atoms with van der Waals surface area (Å²) in [5.74, 6) is 0.293. The van der Waals surface area contributed by atoms with Crippen molar-refractivity contribution < 1.29 is 33.7 Å². The minimum absolute atomic E-state index is 0.0566. The number of hydrogen-bond acceptors (Lipinski definition) is 8. The van der Waals surface area contributed by atoms with Gasteiger partial charge in [-0.15, -0.1) is 0 Å². The SMILES string of the molecule is COc1cc(-c2sncc2-c2cccc(N(OC)C(=O)CCCC(=O)O)c2)cc(OC)c1OC. The van der Waals surface area contributed by atoms with Crippen LogP contribution in [0, 0.1) is 0 Å². The van der Waals surface area contributed by atoms with Gasteiger partial charge in [0, 0.05) is 30.2 Å². The van der Waals surface area contributed by atoms with E-state index in [9.17, 15) is 9.59 Å². The number of ether oxygens (including phenoxy) is 3. The van der Waals surface area contributed by atoms with Gasteiger partial charge in [-0.25, -0.2) is 0 Å². The second-order valence-electron chi connectivity index (χ2n) is 7.15. The lowest BCUT2D eigenvalue weighted by Gasteiger charge is -2.20. The first-order valence-electron chi connectivity index (χ1n) is 10.4. The third-order valence-electron chi connectivity index (χ3n) is 5.08. The van der Waals surface area contributed by atoms with Crippen molar-refractivity contribution in [1.82, 2.24) is 4.37 Å². The van der Waals surface area contributed by atoms with Gasteiger partial charge in [-0.05, 0) is 47.8 Å². The summed E-state index contributed by atoms with van der Waals surface area (Å²) in [6, 6.07) is 11.0. The molecule has 2 aromatic carbocycles. The van der Waals surface area contributed by atoms with E-state index in [2.05, 4.69) is 4.37 Å². The van der Waals surface area contributed by atoms with Crippen LogP contribution < -0.4 is 19.3 Å². The third kappa shape index (κ3) is 5.46. The van der Waals surface area contributed by atoms with Crippen LogP contribution in [0.3, 0.4) is 0 Å². The number of carbonyl (C=O) groups excluding carboxylic acids is 1. The average molecular weight is 487 g/mol. The molecule has 0 saturated carbocycles. The Morgan fingerprint density at radius 1 is 0.971 bits per heavy atom. The summed E-state index contributed by atoms with van der Waals surface area (Å²) in [5, 5.41) is 9.98. The highest BCUT2D eigenvalue weighted by atomic mass is 32.1. The predicted octanol–water partition coefficient (Wildman–Crippen LogP) is 4.65. The standard InChI is InChI=1S/C24H26N2O7S/c1-30-19-12-16(13-20(31-2)23(19)32-3)24-18(14-25-34-24)15-7-5-8-17(11-15)26(33-4)21(27)9-6-10-22(28)29/h5,7-8,11-14H,6,9-10H2,1-4H3,(H,28,29). The molecule has 1 heterocycles. The number of nitrogens with zero attached hydrogens (tertiary/aromatic N) is 2. The number of hydrogen-bond donors (Lipinski definition) is 1. The summed E-state index contributed by atoms with van der Waals surface area (Å²) in [4.78, 5) is 29.5. The molecule has 0 spiro atoms. The number of hydroxylamine groups is 1. The second kappa shape index (κ2) is 11.5. The maximum absolute atomic E-state index is 12.6. The van der Waals surface area contributed by atoms with E-state index in [0.29, 0.717) is 22.9 Å². The Kier molecular flexibility index (Phi) is 8.44. The van der Waals surface area contributed by atoms with Crippen molar-refractivity contribution >= 4 is 29.1 Å². The molecule has 180 valence electrons. The molecule has 10 heteroatoms. The number of carboxylic acid groups (broad SMARTS) is 1. The summed E-state index contributed by atoms with van der Waals surface area (Å²) in [7, 11) is 6.07. The summed E-state index contributed by atoms with van der Waals surface area (Å²) in [6.07, 6.45) is 1.96. The molecule has 0 bridgehead atoms. The zero-order chi connectivity index (χ0) is 24.7. The molecular formula is C24H26N2O7S. The van der Waals surface area contributed by atoms with Crippen molar-refractivity contribution in [2.45, 2.75) is 19.3 Å². The van der Waals surface area contributed by atoms with Crippen LogP contribution >= 0.6 is 11.5 Å². The lowest BCUT2D eigenvalue weighted by Crippen LogP contribution is -2.29. The van der Waals surface area contributed by atoms with Gasteiger partial charge in [0.05, 0.1) is 39.0 Å². The van der Waals surface area contributed by atoms with Crippen molar-refractivity contribution in [2.24, 2.45) is 0 Å². The average Bonchev–Trinajstić information content (AvgIpc) is 3.33. The Balaban J connectivity index is 1.96. The van der Waals surface area contributed by atoms with E-state index in [1.54, 1.807) is 33.6 Å². The molecule has 9 nitrogen and oxygen atoms in total. The molecule has 0 aliphatic heterocycles. The fourth-order valence-corrected chi connectivity index (χ4v) is 4.26. The Morgan fingerprint density at radius 3 is 2.26 bits per heavy atom. The first-order chi connectivity index (χ1) is 16.4. The lowest BCUT2D eigenvalue weighted by atomic mass is 10.0. The fourth-order valence-electron chi connectivity index (χ4n) is 3.51. The second-order valence-corrected chi connectivity index (χ2v) is 7.95. The monoisotopic (exact) mass is 486 g/mol. The van der Waals surface area contributed by atoms with Gasteiger partial charge in [0.1, 0.15) is 0 Å². The molecule has 1 amide bonds. The van der Waals surface area contributed by atoms with E-state index in [-0.39, 0.29) is 25.2 Å².